The van der Waals surface area contributed by atoms with Crippen LogP contribution in [0.4, 0.5) is 5.69 Å². The quantitative estimate of drug-likeness (QED) is 0.839. The fourth-order valence-electron chi connectivity index (χ4n) is 2.25. The number of amides is 1. The van der Waals surface area contributed by atoms with Crippen LogP contribution in [0.1, 0.15) is 39.5 Å². The molecule has 0 aliphatic heterocycles. The number of aryl methyl sites for hydroxylation is 2. The van der Waals surface area contributed by atoms with E-state index in [0.717, 1.165) is 5.56 Å². The van der Waals surface area contributed by atoms with E-state index in [9.17, 15) is 4.79 Å². The second-order valence-electron chi connectivity index (χ2n) is 5.61. The van der Waals surface area contributed by atoms with Crippen molar-refractivity contribution in [3.05, 3.63) is 51.2 Å². The van der Waals surface area contributed by atoms with Gasteiger partial charge in [0.15, 0.2) is 0 Å². The Morgan fingerprint density at radius 2 is 1.91 bits per heavy atom. The molecule has 1 amide bonds. The molecule has 0 spiro atoms. The molecule has 0 atom stereocenters. The SMILES string of the molecule is Cc1ccc(CN(C(=O)c2cc(N)ccc2C)C(C)C)s1.Cl. The van der Waals surface area contributed by atoms with Gasteiger partial charge >= 0.3 is 0 Å². The maximum Gasteiger partial charge on any atom is 0.254 e. The molecule has 1 aromatic carbocycles. The van der Waals surface area contributed by atoms with E-state index < -0.39 is 0 Å². The summed E-state index contributed by atoms with van der Waals surface area (Å²) >= 11 is 1.73. The third-order valence-electron chi connectivity index (χ3n) is 3.50. The van der Waals surface area contributed by atoms with Crippen molar-refractivity contribution in [2.24, 2.45) is 0 Å². The first-order valence-electron chi connectivity index (χ1n) is 7.11. The molecule has 2 rings (SSSR count). The number of nitrogen functional groups attached to an aromatic ring is 1. The van der Waals surface area contributed by atoms with Crippen LogP contribution in [-0.2, 0) is 6.54 Å². The minimum atomic E-state index is 0. The lowest BCUT2D eigenvalue weighted by Crippen LogP contribution is -2.36. The van der Waals surface area contributed by atoms with E-state index in [-0.39, 0.29) is 24.4 Å². The summed E-state index contributed by atoms with van der Waals surface area (Å²) in [4.78, 5) is 17.2. The van der Waals surface area contributed by atoms with E-state index in [1.165, 1.54) is 9.75 Å². The molecule has 3 nitrogen and oxygen atoms in total. The summed E-state index contributed by atoms with van der Waals surface area (Å²) in [5.41, 5.74) is 8.11. The predicted molar refractivity (Wildman–Crippen MR) is 96.9 cm³/mol. The lowest BCUT2D eigenvalue weighted by atomic mass is 10.1. The summed E-state index contributed by atoms with van der Waals surface area (Å²) in [6.07, 6.45) is 0. The number of rotatable bonds is 4. The Balaban J connectivity index is 0.00000242. The smallest absolute Gasteiger partial charge is 0.254 e. The Bertz CT molecular complexity index is 652. The van der Waals surface area contributed by atoms with Crippen molar-refractivity contribution in [3.8, 4) is 0 Å². The number of halogens is 1. The summed E-state index contributed by atoms with van der Waals surface area (Å²) < 4.78 is 0. The molecule has 0 fully saturated rings. The topological polar surface area (TPSA) is 46.3 Å². The number of anilines is 1. The highest BCUT2D eigenvalue weighted by atomic mass is 35.5. The average Bonchev–Trinajstić information content (AvgIpc) is 2.83. The third kappa shape index (κ3) is 4.24. The molecule has 2 N–H and O–H groups in total. The number of nitrogens with two attached hydrogens (primary N) is 1. The molecule has 0 bridgehead atoms. The molecule has 120 valence electrons. The lowest BCUT2D eigenvalue weighted by Gasteiger charge is -2.27. The van der Waals surface area contributed by atoms with Gasteiger partial charge in [0.05, 0.1) is 6.54 Å². The van der Waals surface area contributed by atoms with Gasteiger partial charge in [0.25, 0.3) is 5.91 Å². The van der Waals surface area contributed by atoms with E-state index in [4.69, 9.17) is 5.73 Å². The largest absolute Gasteiger partial charge is 0.399 e. The molecule has 22 heavy (non-hydrogen) atoms. The van der Waals surface area contributed by atoms with Crippen molar-refractivity contribution in [3.63, 3.8) is 0 Å². The van der Waals surface area contributed by atoms with Gasteiger partial charge in [0.1, 0.15) is 0 Å². The monoisotopic (exact) mass is 338 g/mol. The standard InChI is InChI=1S/C17H22N2OS.ClH/c1-11(2)19(10-15-8-6-13(4)21-15)17(20)16-9-14(18)7-5-12(16)3;/h5-9,11H,10,18H2,1-4H3;1H. The third-order valence-corrected chi connectivity index (χ3v) is 4.48. The van der Waals surface area contributed by atoms with E-state index in [1.54, 1.807) is 17.4 Å². The van der Waals surface area contributed by atoms with Crippen LogP contribution in [0.2, 0.25) is 0 Å². The van der Waals surface area contributed by atoms with Crippen molar-refractivity contribution < 1.29 is 4.79 Å². The van der Waals surface area contributed by atoms with Crippen LogP contribution in [0.15, 0.2) is 30.3 Å². The summed E-state index contributed by atoms with van der Waals surface area (Å²) in [5.74, 6) is 0.0425. The number of carbonyl (C=O) groups excluding carboxylic acids is 1. The van der Waals surface area contributed by atoms with Crippen LogP contribution >= 0.6 is 23.7 Å². The first-order chi connectivity index (χ1) is 9.88. The highest BCUT2D eigenvalue weighted by Gasteiger charge is 2.21. The van der Waals surface area contributed by atoms with E-state index >= 15 is 0 Å². The molecule has 0 aliphatic carbocycles. The molecule has 0 saturated carbocycles. The normalized spacial score (nSPS) is 10.4. The first-order valence-corrected chi connectivity index (χ1v) is 7.92. The molecule has 1 aromatic heterocycles. The molecule has 5 heteroatoms. The minimum Gasteiger partial charge on any atom is -0.399 e. The van der Waals surface area contributed by atoms with Gasteiger partial charge in [-0.3, -0.25) is 4.79 Å². The number of thiophene rings is 1. The summed E-state index contributed by atoms with van der Waals surface area (Å²) in [6.45, 7) is 8.75. The fraction of sp³-hybridized carbons (Fsp3) is 0.353. The van der Waals surface area contributed by atoms with Crippen molar-refractivity contribution >= 4 is 35.3 Å². The lowest BCUT2D eigenvalue weighted by molar-refractivity contribution is 0.0691. The number of carbonyl (C=O) groups is 1. The molecule has 0 aliphatic rings. The van der Waals surface area contributed by atoms with Crippen molar-refractivity contribution in [1.82, 2.24) is 4.90 Å². The predicted octanol–water partition coefficient (Wildman–Crippen LogP) is 4.42. The van der Waals surface area contributed by atoms with E-state index in [2.05, 4.69) is 19.1 Å². The summed E-state index contributed by atoms with van der Waals surface area (Å²) in [5, 5.41) is 0. The zero-order valence-electron chi connectivity index (χ0n) is 13.4. The van der Waals surface area contributed by atoms with Gasteiger partial charge in [0, 0.05) is 27.0 Å². The Hall–Kier alpha value is -1.52. The maximum atomic E-state index is 12.8. The van der Waals surface area contributed by atoms with Crippen molar-refractivity contribution in [2.75, 3.05) is 5.73 Å². The molecular weight excluding hydrogens is 316 g/mol. The maximum absolute atomic E-state index is 12.8. The minimum absolute atomic E-state index is 0. The number of nitrogens with zero attached hydrogens (tertiary/aromatic N) is 1. The Morgan fingerprint density at radius 1 is 1.23 bits per heavy atom. The molecule has 0 radical (unpaired) electrons. The van der Waals surface area contributed by atoms with Crippen LogP contribution < -0.4 is 5.73 Å². The highest BCUT2D eigenvalue weighted by Crippen LogP contribution is 2.22. The first kappa shape index (κ1) is 18.5. The van der Waals surface area contributed by atoms with Gasteiger partial charge in [-0.1, -0.05) is 6.07 Å². The summed E-state index contributed by atoms with van der Waals surface area (Å²) in [7, 11) is 0. The second-order valence-corrected chi connectivity index (χ2v) is 6.99. The average molecular weight is 339 g/mol. The molecule has 2 aromatic rings. The highest BCUT2D eigenvalue weighted by molar-refractivity contribution is 7.11. The Morgan fingerprint density at radius 3 is 2.45 bits per heavy atom. The fourth-order valence-corrected chi connectivity index (χ4v) is 3.14. The van der Waals surface area contributed by atoms with E-state index in [0.29, 0.717) is 17.8 Å². The van der Waals surface area contributed by atoms with Gasteiger partial charge in [0.2, 0.25) is 0 Å². The Labute approximate surface area is 142 Å². The van der Waals surface area contributed by atoms with Crippen LogP contribution in [0, 0.1) is 13.8 Å². The zero-order valence-corrected chi connectivity index (χ0v) is 15.1. The van der Waals surface area contributed by atoms with Crippen LogP contribution in [0.3, 0.4) is 0 Å². The van der Waals surface area contributed by atoms with Crippen molar-refractivity contribution in [2.45, 2.75) is 40.3 Å². The van der Waals surface area contributed by atoms with Crippen LogP contribution in [0.25, 0.3) is 0 Å². The van der Waals surface area contributed by atoms with Gasteiger partial charge in [-0.05, 0) is 57.5 Å². The van der Waals surface area contributed by atoms with Crippen LogP contribution in [0.5, 0.6) is 0 Å². The van der Waals surface area contributed by atoms with Gasteiger partial charge < -0.3 is 10.6 Å². The molecule has 0 saturated heterocycles. The van der Waals surface area contributed by atoms with Gasteiger partial charge in [-0.15, -0.1) is 23.7 Å². The summed E-state index contributed by atoms with van der Waals surface area (Å²) in [6, 6.07) is 9.82. The van der Waals surface area contributed by atoms with Crippen LogP contribution in [-0.4, -0.2) is 16.8 Å². The second kappa shape index (κ2) is 7.65. The number of hydrogen-bond acceptors (Lipinski definition) is 3. The molecular formula is C17H23ClN2OS. The Kier molecular flexibility index (Phi) is 6.45. The van der Waals surface area contributed by atoms with E-state index in [1.807, 2.05) is 37.8 Å². The van der Waals surface area contributed by atoms with Gasteiger partial charge in [-0.25, -0.2) is 0 Å². The number of hydrogen-bond donors (Lipinski definition) is 1. The molecule has 0 unspecified atom stereocenters. The molecule has 1 heterocycles. The van der Waals surface area contributed by atoms with Crippen molar-refractivity contribution in [1.29, 1.82) is 0 Å². The van der Waals surface area contributed by atoms with Gasteiger partial charge in [-0.2, -0.15) is 0 Å². The zero-order chi connectivity index (χ0) is 15.6. The number of benzene rings is 1.